The van der Waals surface area contributed by atoms with Gasteiger partial charge in [0.15, 0.2) is 0 Å². The van der Waals surface area contributed by atoms with Gasteiger partial charge in [0.1, 0.15) is 5.75 Å². The van der Waals surface area contributed by atoms with Crippen LogP contribution in [0.25, 0.3) is 0 Å². The number of ether oxygens (including phenoxy) is 1. The number of methoxy groups -OCH3 is 1. The average Bonchev–Trinajstić information content (AvgIpc) is 2.17. The Morgan fingerprint density at radius 1 is 1.13 bits per heavy atom. The summed E-state index contributed by atoms with van der Waals surface area (Å²) in [5.74, 6) is 1.46. The van der Waals surface area contributed by atoms with Crippen LogP contribution in [-0.2, 0) is 0 Å². The van der Waals surface area contributed by atoms with E-state index in [1.54, 1.807) is 7.11 Å². The molecular formula is C13H21NO. The van der Waals surface area contributed by atoms with Crippen LogP contribution in [-0.4, -0.2) is 13.2 Å². The number of anilines is 1. The van der Waals surface area contributed by atoms with Crippen molar-refractivity contribution < 1.29 is 4.74 Å². The van der Waals surface area contributed by atoms with Crippen LogP contribution in [0.2, 0.25) is 0 Å². The van der Waals surface area contributed by atoms with Gasteiger partial charge in [-0.15, -0.1) is 0 Å². The van der Waals surface area contributed by atoms with Crippen molar-refractivity contribution in [2.24, 2.45) is 0 Å². The average molecular weight is 207 g/mol. The summed E-state index contributed by atoms with van der Waals surface area (Å²) in [5, 5.41) is 3.37. The van der Waals surface area contributed by atoms with E-state index in [0.717, 1.165) is 11.4 Å². The predicted octanol–water partition coefficient (Wildman–Crippen LogP) is 3.64. The zero-order valence-electron chi connectivity index (χ0n) is 10.3. The van der Waals surface area contributed by atoms with E-state index in [-0.39, 0.29) is 0 Å². The first-order valence-corrected chi connectivity index (χ1v) is 5.49. The quantitative estimate of drug-likeness (QED) is 0.814. The normalized spacial score (nSPS) is 10.9. The summed E-state index contributed by atoms with van der Waals surface area (Å²) in [6, 6.07) is 6.77. The largest absolute Gasteiger partial charge is 0.495 e. The summed E-state index contributed by atoms with van der Waals surface area (Å²) in [6.07, 6.45) is 0. The minimum atomic E-state index is 0.420. The van der Waals surface area contributed by atoms with Gasteiger partial charge in [0, 0.05) is 6.04 Å². The van der Waals surface area contributed by atoms with Gasteiger partial charge in [-0.25, -0.2) is 0 Å². The number of rotatable bonds is 4. The first-order chi connectivity index (χ1) is 7.04. The van der Waals surface area contributed by atoms with Crippen molar-refractivity contribution in [2.45, 2.75) is 39.7 Å². The molecule has 84 valence electrons. The second kappa shape index (κ2) is 5.06. The standard InChI is InChI=1S/C13H21NO/c1-9(2)11-6-7-12(14-10(3)4)13(8-11)15-5/h6-10,14H,1-5H3. The van der Waals surface area contributed by atoms with Crippen LogP contribution < -0.4 is 10.1 Å². The molecule has 0 aromatic heterocycles. The Hall–Kier alpha value is -1.18. The highest BCUT2D eigenvalue weighted by molar-refractivity contribution is 5.58. The maximum Gasteiger partial charge on any atom is 0.142 e. The lowest BCUT2D eigenvalue weighted by atomic mass is 10.0. The second-order valence-electron chi connectivity index (χ2n) is 4.41. The van der Waals surface area contributed by atoms with Gasteiger partial charge >= 0.3 is 0 Å². The van der Waals surface area contributed by atoms with Crippen molar-refractivity contribution in [3.63, 3.8) is 0 Å². The first kappa shape index (κ1) is 11.9. The summed E-state index contributed by atoms with van der Waals surface area (Å²) in [4.78, 5) is 0. The van der Waals surface area contributed by atoms with E-state index >= 15 is 0 Å². The van der Waals surface area contributed by atoms with E-state index < -0.39 is 0 Å². The molecule has 0 bridgehead atoms. The van der Waals surface area contributed by atoms with Crippen LogP contribution in [0.4, 0.5) is 5.69 Å². The Kier molecular flexibility index (Phi) is 4.01. The highest BCUT2D eigenvalue weighted by atomic mass is 16.5. The summed E-state index contributed by atoms with van der Waals surface area (Å²) in [6.45, 7) is 8.61. The molecule has 0 aliphatic heterocycles. The monoisotopic (exact) mass is 207 g/mol. The van der Waals surface area contributed by atoms with Crippen LogP contribution in [0, 0.1) is 0 Å². The van der Waals surface area contributed by atoms with Gasteiger partial charge in [0.2, 0.25) is 0 Å². The molecule has 0 heterocycles. The fraction of sp³-hybridized carbons (Fsp3) is 0.538. The Morgan fingerprint density at radius 3 is 2.27 bits per heavy atom. The molecule has 1 rings (SSSR count). The molecule has 0 aliphatic carbocycles. The van der Waals surface area contributed by atoms with Crippen molar-refractivity contribution in [1.29, 1.82) is 0 Å². The van der Waals surface area contributed by atoms with Crippen LogP contribution >= 0.6 is 0 Å². The fourth-order valence-corrected chi connectivity index (χ4v) is 1.50. The summed E-state index contributed by atoms with van der Waals surface area (Å²) >= 11 is 0. The summed E-state index contributed by atoms with van der Waals surface area (Å²) in [7, 11) is 1.71. The fourth-order valence-electron chi connectivity index (χ4n) is 1.50. The molecule has 0 fully saturated rings. The van der Waals surface area contributed by atoms with Crippen molar-refractivity contribution >= 4 is 5.69 Å². The lowest BCUT2D eigenvalue weighted by Gasteiger charge is -2.16. The van der Waals surface area contributed by atoms with E-state index in [0.29, 0.717) is 12.0 Å². The molecule has 0 aliphatic rings. The summed E-state index contributed by atoms with van der Waals surface area (Å²) < 4.78 is 5.37. The van der Waals surface area contributed by atoms with Crippen LogP contribution in [0.15, 0.2) is 18.2 Å². The number of nitrogens with one attached hydrogen (secondary N) is 1. The van der Waals surface area contributed by atoms with E-state index in [2.05, 4.69) is 51.2 Å². The topological polar surface area (TPSA) is 21.3 Å². The van der Waals surface area contributed by atoms with Crippen LogP contribution in [0.5, 0.6) is 5.75 Å². The maximum atomic E-state index is 5.37. The number of benzene rings is 1. The first-order valence-electron chi connectivity index (χ1n) is 5.49. The molecule has 1 aromatic carbocycles. The smallest absolute Gasteiger partial charge is 0.142 e. The van der Waals surface area contributed by atoms with Gasteiger partial charge in [-0.1, -0.05) is 19.9 Å². The molecule has 0 atom stereocenters. The molecule has 0 spiro atoms. The second-order valence-corrected chi connectivity index (χ2v) is 4.41. The molecule has 0 unspecified atom stereocenters. The van der Waals surface area contributed by atoms with E-state index in [1.807, 2.05) is 0 Å². The molecule has 0 amide bonds. The van der Waals surface area contributed by atoms with E-state index in [4.69, 9.17) is 4.74 Å². The minimum absolute atomic E-state index is 0.420. The van der Waals surface area contributed by atoms with Gasteiger partial charge in [-0.2, -0.15) is 0 Å². The highest BCUT2D eigenvalue weighted by Crippen LogP contribution is 2.29. The lowest BCUT2D eigenvalue weighted by Crippen LogP contribution is -2.10. The van der Waals surface area contributed by atoms with Crippen molar-refractivity contribution in [1.82, 2.24) is 0 Å². The molecule has 0 radical (unpaired) electrons. The van der Waals surface area contributed by atoms with Gasteiger partial charge in [0.05, 0.1) is 12.8 Å². The summed E-state index contributed by atoms with van der Waals surface area (Å²) in [5.41, 5.74) is 2.37. The minimum Gasteiger partial charge on any atom is -0.495 e. The Morgan fingerprint density at radius 2 is 1.80 bits per heavy atom. The van der Waals surface area contributed by atoms with Crippen molar-refractivity contribution in [3.8, 4) is 5.75 Å². The van der Waals surface area contributed by atoms with Crippen LogP contribution in [0.1, 0.15) is 39.2 Å². The lowest BCUT2D eigenvalue weighted by molar-refractivity contribution is 0.415. The van der Waals surface area contributed by atoms with Gasteiger partial charge in [-0.05, 0) is 37.5 Å². The molecule has 0 saturated carbocycles. The highest BCUT2D eigenvalue weighted by Gasteiger charge is 2.07. The number of hydrogen-bond donors (Lipinski definition) is 1. The van der Waals surface area contributed by atoms with Crippen molar-refractivity contribution in [2.75, 3.05) is 12.4 Å². The molecule has 15 heavy (non-hydrogen) atoms. The van der Waals surface area contributed by atoms with E-state index in [9.17, 15) is 0 Å². The SMILES string of the molecule is COc1cc(C(C)C)ccc1NC(C)C. The molecule has 2 nitrogen and oxygen atoms in total. The Balaban J connectivity index is 2.98. The third-order valence-corrected chi connectivity index (χ3v) is 2.34. The molecule has 1 N–H and O–H groups in total. The Labute approximate surface area is 92.6 Å². The molecular weight excluding hydrogens is 186 g/mol. The molecule has 2 heteroatoms. The Bertz CT molecular complexity index is 318. The zero-order valence-corrected chi connectivity index (χ0v) is 10.3. The predicted molar refractivity (Wildman–Crippen MR) is 65.8 cm³/mol. The molecule has 0 saturated heterocycles. The van der Waals surface area contributed by atoms with Gasteiger partial charge in [0.25, 0.3) is 0 Å². The molecule has 1 aromatic rings. The van der Waals surface area contributed by atoms with Gasteiger partial charge in [-0.3, -0.25) is 0 Å². The zero-order chi connectivity index (χ0) is 11.4. The van der Waals surface area contributed by atoms with Gasteiger partial charge < -0.3 is 10.1 Å². The third kappa shape index (κ3) is 3.15. The number of hydrogen-bond acceptors (Lipinski definition) is 2. The van der Waals surface area contributed by atoms with E-state index in [1.165, 1.54) is 5.56 Å². The van der Waals surface area contributed by atoms with Crippen molar-refractivity contribution in [3.05, 3.63) is 23.8 Å². The maximum absolute atomic E-state index is 5.37. The van der Waals surface area contributed by atoms with Crippen LogP contribution in [0.3, 0.4) is 0 Å². The third-order valence-electron chi connectivity index (χ3n) is 2.34.